The van der Waals surface area contributed by atoms with E-state index in [2.05, 4.69) is 5.32 Å². The lowest BCUT2D eigenvalue weighted by atomic mass is 9.92. The van der Waals surface area contributed by atoms with Crippen LogP contribution in [0.4, 0.5) is 0 Å². The normalized spacial score (nSPS) is 15.9. The zero-order valence-electron chi connectivity index (χ0n) is 15.2. The van der Waals surface area contributed by atoms with E-state index in [1.165, 1.54) is 6.92 Å². The molecule has 2 aromatic carbocycles. The monoisotopic (exact) mass is 352 g/mol. The van der Waals surface area contributed by atoms with Crippen molar-refractivity contribution in [2.75, 3.05) is 13.2 Å². The summed E-state index contributed by atoms with van der Waals surface area (Å²) >= 11 is 0. The number of hydrogen-bond acceptors (Lipinski definition) is 3. The molecule has 2 amide bonds. The molecule has 3 rings (SSSR count). The van der Waals surface area contributed by atoms with Gasteiger partial charge in [0.05, 0.1) is 6.61 Å². The lowest BCUT2D eigenvalue weighted by Crippen LogP contribution is -2.46. The van der Waals surface area contributed by atoms with Crippen LogP contribution in [-0.2, 0) is 22.6 Å². The van der Waals surface area contributed by atoms with Crippen LogP contribution in [0.1, 0.15) is 36.6 Å². The van der Waals surface area contributed by atoms with Crippen molar-refractivity contribution in [3.63, 3.8) is 0 Å². The van der Waals surface area contributed by atoms with Crippen molar-refractivity contribution in [3.05, 3.63) is 65.2 Å². The fourth-order valence-electron chi connectivity index (χ4n) is 3.39. The molecule has 0 aromatic heterocycles. The molecule has 0 fully saturated rings. The van der Waals surface area contributed by atoms with E-state index in [0.29, 0.717) is 19.7 Å². The van der Waals surface area contributed by atoms with E-state index in [0.717, 1.165) is 28.9 Å². The molecule has 1 N–H and O–H groups in total. The molecule has 0 saturated heterocycles. The van der Waals surface area contributed by atoms with Gasteiger partial charge in [-0.25, -0.2) is 0 Å². The first kappa shape index (κ1) is 18.0. The largest absolute Gasteiger partial charge is 0.494 e. The zero-order valence-corrected chi connectivity index (χ0v) is 15.2. The summed E-state index contributed by atoms with van der Waals surface area (Å²) in [6.07, 6.45) is 0.774. The lowest BCUT2D eigenvalue weighted by molar-refractivity contribution is -0.139. The van der Waals surface area contributed by atoms with Gasteiger partial charge in [-0.1, -0.05) is 36.4 Å². The van der Waals surface area contributed by atoms with Crippen LogP contribution in [0.25, 0.3) is 0 Å². The topological polar surface area (TPSA) is 58.6 Å². The molecular formula is C21H24N2O3. The third-order valence-corrected chi connectivity index (χ3v) is 4.61. The molecule has 0 aliphatic carbocycles. The van der Waals surface area contributed by atoms with Crippen molar-refractivity contribution in [3.8, 4) is 5.75 Å². The Balaban J connectivity index is 1.77. The minimum absolute atomic E-state index is 0.0852. The Kier molecular flexibility index (Phi) is 5.56. The zero-order chi connectivity index (χ0) is 18.5. The van der Waals surface area contributed by atoms with E-state index in [9.17, 15) is 9.59 Å². The SMILES string of the molecule is CCOc1cccc(CNC(=O)C2c3ccccc3CCN2C(C)=O)c1. The fraction of sp³-hybridized carbons (Fsp3) is 0.333. The first-order valence-electron chi connectivity index (χ1n) is 8.94. The van der Waals surface area contributed by atoms with Gasteiger partial charge >= 0.3 is 0 Å². The molecule has 1 aliphatic heterocycles. The minimum atomic E-state index is -0.576. The molecule has 1 unspecified atom stereocenters. The predicted octanol–water partition coefficient (Wildman–Crippen LogP) is 2.85. The van der Waals surface area contributed by atoms with E-state index in [4.69, 9.17) is 4.74 Å². The number of ether oxygens (including phenoxy) is 1. The number of hydrogen-bond donors (Lipinski definition) is 1. The Bertz CT molecular complexity index is 803. The molecular weight excluding hydrogens is 328 g/mol. The molecule has 0 spiro atoms. The number of nitrogens with one attached hydrogen (secondary N) is 1. The second-order valence-electron chi connectivity index (χ2n) is 6.36. The number of nitrogens with zero attached hydrogens (tertiary/aromatic N) is 1. The van der Waals surface area contributed by atoms with Gasteiger partial charge in [-0.15, -0.1) is 0 Å². The quantitative estimate of drug-likeness (QED) is 0.900. The Labute approximate surface area is 154 Å². The van der Waals surface area contributed by atoms with E-state index in [1.807, 2.05) is 55.5 Å². The van der Waals surface area contributed by atoms with Gasteiger partial charge in [0.2, 0.25) is 11.8 Å². The number of amides is 2. The third-order valence-electron chi connectivity index (χ3n) is 4.61. The lowest BCUT2D eigenvalue weighted by Gasteiger charge is -2.35. The van der Waals surface area contributed by atoms with Crippen LogP contribution in [0.5, 0.6) is 5.75 Å². The Morgan fingerprint density at radius 1 is 1.19 bits per heavy atom. The van der Waals surface area contributed by atoms with Crippen molar-refractivity contribution >= 4 is 11.8 Å². The number of rotatable bonds is 5. The molecule has 136 valence electrons. The van der Waals surface area contributed by atoms with Gasteiger partial charge in [0.15, 0.2) is 0 Å². The van der Waals surface area contributed by atoms with Crippen LogP contribution in [0.15, 0.2) is 48.5 Å². The van der Waals surface area contributed by atoms with Gasteiger partial charge < -0.3 is 15.0 Å². The van der Waals surface area contributed by atoms with Crippen molar-refractivity contribution in [1.29, 1.82) is 0 Å². The molecule has 2 aromatic rings. The maximum Gasteiger partial charge on any atom is 0.247 e. The standard InChI is InChI=1S/C21H24N2O3/c1-3-26-18-9-6-7-16(13-18)14-22-21(25)20-19-10-5-4-8-17(19)11-12-23(20)15(2)24/h4-10,13,20H,3,11-12,14H2,1-2H3,(H,22,25). The summed E-state index contributed by atoms with van der Waals surface area (Å²) in [4.78, 5) is 26.6. The van der Waals surface area contributed by atoms with Crippen LogP contribution >= 0.6 is 0 Å². The highest BCUT2D eigenvalue weighted by Gasteiger charge is 2.34. The maximum atomic E-state index is 12.9. The summed E-state index contributed by atoms with van der Waals surface area (Å²) in [5.74, 6) is 0.541. The summed E-state index contributed by atoms with van der Waals surface area (Å²) in [6.45, 7) is 5.00. The molecule has 1 aliphatic rings. The van der Waals surface area contributed by atoms with Crippen LogP contribution in [0, 0.1) is 0 Å². The highest BCUT2D eigenvalue weighted by molar-refractivity contribution is 5.88. The number of carbonyl (C=O) groups is 2. The highest BCUT2D eigenvalue weighted by Crippen LogP contribution is 2.30. The molecule has 0 radical (unpaired) electrons. The van der Waals surface area contributed by atoms with Crippen LogP contribution < -0.4 is 10.1 Å². The Hall–Kier alpha value is -2.82. The van der Waals surface area contributed by atoms with Crippen molar-refractivity contribution in [2.45, 2.75) is 32.9 Å². The van der Waals surface area contributed by atoms with E-state index < -0.39 is 6.04 Å². The van der Waals surface area contributed by atoms with Crippen molar-refractivity contribution in [1.82, 2.24) is 10.2 Å². The van der Waals surface area contributed by atoms with Gasteiger partial charge in [-0.05, 0) is 42.2 Å². The van der Waals surface area contributed by atoms with Crippen LogP contribution in [-0.4, -0.2) is 29.9 Å². The first-order valence-corrected chi connectivity index (χ1v) is 8.94. The molecule has 1 heterocycles. The second kappa shape index (κ2) is 8.04. The van der Waals surface area contributed by atoms with Crippen LogP contribution in [0.2, 0.25) is 0 Å². The fourth-order valence-corrected chi connectivity index (χ4v) is 3.39. The molecule has 1 atom stereocenters. The molecule has 0 bridgehead atoms. The second-order valence-corrected chi connectivity index (χ2v) is 6.36. The van der Waals surface area contributed by atoms with Gasteiger partial charge in [-0.2, -0.15) is 0 Å². The Morgan fingerprint density at radius 2 is 2.00 bits per heavy atom. The van der Waals surface area contributed by atoms with Gasteiger partial charge in [-0.3, -0.25) is 9.59 Å². The van der Waals surface area contributed by atoms with Crippen molar-refractivity contribution in [2.24, 2.45) is 0 Å². The summed E-state index contributed by atoms with van der Waals surface area (Å²) < 4.78 is 5.50. The van der Waals surface area contributed by atoms with Crippen molar-refractivity contribution < 1.29 is 14.3 Å². The predicted molar refractivity (Wildman–Crippen MR) is 99.7 cm³/mol. The molecule has 5 nitrogen and oxygen atoms in total. The number of carbonyl (C=O) groups excluding carboxylic acids is 2. The van der Waals surface area contributed by atoms with E-state index in [1.54, 1.807) is 4.90 Å². The smallest absolute Gasteiger partial charge is 0.247 e. The van der Waals surface area contributed by atoms with E-state index in [-0.39, 0.29) is 11.8 Å². The highest BCUT2D eigenvalue weighted by atomic mass is 16.5. The average molecular weight is 352 g/mol. The summed E-state index contributed by atoms with van der Waals surface area (Å²) in [7, 11) is 0. The van der Waals surface area contributed by atoms with E-state index >= 15 is 0 Å². The van der Waals surface area contributed by atoms with Gasteiger partial charge in [0, 0.05) is 20.0 Å². The third kappa shape index (κ3) is 3.87. The average Bonchev–Trinajstić information content (AvgIpc) is 2.65. The summed E-state index contributed by atoms with van der Waals surface area (Å²) in [5, 5.41) is 2.98. The number of fused-ring (bicyclic) bond motifs is 1. The number of benzene rings is 2. The molecule has 0 saturated carbocycles. The van der Waals surface area contributed by atoms with Crippen LogP contribution in [0.3, 0.4) is 0 Å². The maximum absolute atomic E-state index is 12.9. The summed E-state index contributed by atoms with van der Waals surface area (Å²) in [5.41, 5.74) is 3.00. The van der Waals surface area contributed by atoms with Gasteiger partial charge in [0.25, 0.3) is 0 Å². The molecule has 5 heteroatoms. The molecule has 26 heavy (non-hydrogen) atoms. The summed E-state index contributed by atoms with van der Waals surface area (Å²) in [6, 6.07) is 14.9. The van der Waals surface area contributed by atoms with Gasteiger partial charge in [0.1, 0.15) is 11.8 Å². The Morgan fingerprint density at radius 3 is 2.77 bits per heavy atom. The minimum Gasteiger partial charge on any atom is -0.494 e. The first-order chi connectivity index (χ1) is 12.6.